The van der Waals surface area contributed by atoms with E-state index >= 15 is 0 Å². The van der Waals surface area contributed by atoms with Gasteiger partial charge in [-0.1, -0.05) is 24.3 Å². The van der Waals surface area contributed by atoms with Crippen LogP contribution in [0.15, 0.2) is 48.5 Å². The topological polar surface area (TPSA) is 89.9 Å². The third-order valence-corrected chi connectivity index (χ3v) is 3.07. The lowest BCUT2D eigenvalue weighted by Crippen LogP contribution is -2.20. The summed E-state index contributed by atoms with van der Waals surface area (Å²) in [7, 11) is 1.26. The van der Waals surface area contributed by atoms with Crippen LogP contribution in [0.25, 0.3) is 0 Å². The molecule has 0 atom stereocenters. The maximum Gasteiger partial charge on any atom is 0.385 e. The fourth-order valence-corrected chi connectivity index (χ4v) is 1.81. The highest BCUT2D eigenvalue weighted by molar-refractivity contribution is 6.41. The van der Waals surface area contributed by atoms with E-state index in [-0.39, 0.29) is 17.9 Å². The first-order valence-corrected chi connectivity index (χ1v) is 6.70. The third kappa shape index (κ3) is 4.02. The minimum atomic E-state index is -1.03. The van der Waals surface area contributed by atoms with Gasteiger partial charge in [0.2, 0.25) is 0 Å². The van der Waals surface area contributed by atoms with Crippen molar-refractivity contribution in [3.63, 3.8) is 0 Å². The fourth-order valence-electron chi connectivity index (χ4n) is 1.81. The molecule has 0 saturated heterocycles. The summed E-state index contributed by atoms with van der Waals surface area (Å²) in [6, 6.07) is 11.6. The van der Waals surface area contributed by atoms with Crippen molar-refractivity contribution >= 4 is 17.7 Å². The van der Waals surface area contributed by atoms with Crippen molar-refractivity contribution in [1.29, 1.82) is 0 Å². The molecule has 0 radical (unpaired) electrons. The molecule has 6 nitrogen and oxygen atoms in total. The molecule has 0 bridgehead atoms. The zero-order chi connectivity index (χ0) is 16.8. The first-order chi connectivity index (χ1) is 11.0. The number of esters is 2. The lowest BCUT2D eigenvalue weighted by molar-refractivity contribution is -0.129. The summed E-state index contributed by atoms with van der Waals surface area (Å²) in [4.78, 5) is 35.1. The van der Waals surface area contributed by atoms with Gasteiger partial charge in [0.15, 0.2) is 0 Å². The van der Waals surface area contributed by atoms with Gasteiger partial charge in [0, 0.05) is 5.56 Å². The van der Waals surface area contributed by atoms with E-state index in [2.05, 4.69) is 4.74 Å². The van der Waals surface area contributed by atoms with Crippen LogP contribution in [0.5, 0.6) is 5.75 Å². The Morgan fingerprint density at radius 3 is 2.00 bits per heavy atom. The predicted molar refractivity (Wildman–Crippen MR) is 80.1 cm³/mol. The van der Waals surface area contributed by atoms with Gasteiger partial charge >= 0.3 is 11.9 Å². The van der Waals surface area contributed by atoms with Crippen LogP contribution in [-0.2, 0) is 16.1 Å². The quantitative estimate of drug-likeness (QED) is 0.391. The average Bonchev–Trinajstić information content (AvgIpc) is 2.61. The van der Waals surface area contributed by atoms with E-state index < -0.39 is 17.7 Å². The molecule has 23 heavy (non-hydrogen) atoms. The van der Waals surface area contributed by atoms with Gasteiger partial charge in [-0.2, -0.15) is 0 Å². The van der Waals surface area contributed by atoms with E-state index in [1.165, 1.54) is 43.5 Å². The number of carbonyl (C=O) groups is 3. The summed E-state index contributed by atoms with van der Waals surface area (Å²) >= 11 is 0. The zero-order valence-corrected chi connectivity index (χ0v) is 12.3. The van der Waals surface area contributed by atoms with E-state index in [1.807, 2.05) is 0 Å². The van der Waals surface area contributed by atoms with Crippen LogP contribution >= 0.6 is 0 Å². The number of hydrogen-bond acceptors (Lipinski definition) is 6. The number of aliphatic hydroxyl groups is 1. The normalized spacial score (nSPS) is 10.0. The van der Waals surface area contributed by atoms with Crippen LogP contribution in [0, 0.1) is 0 Å². The monoisotopic (exact) mass is 314 g/mol. The van der Waals surface area contributed by atoms with Gasteiger partial charge in [-0.15, -0.1) is 0 Å². The second-order valence-electron chi connectivity index (χ2n) is 4.59. The number of benzene rings is 2. The lowest BCUT2D eigenvalue weighted by Gasteiger charge is -2.05. The first kappa shape index (κ1) is 16.4. The second-order valence-corrected chi connectivity index (χ2v) is 4.59. The molecule has 0 heterocycles. The largest absolute Gasteiger partial charge is 0.465 e. The Labute approximate surface area is 132 Å². The van der Waals surface area contributed by atoms with E-state index in [4.69, 9.17) is 9.84 Å². The molecule has 0 fully saturated rings. The number of ether oxygens (including phenoxy) is 2. The highest BCUT2D eigenvalue weighted by Gasteiger charge is 2.19. The van der Waals surface area contributed by atoms with E-state index in [1.54, 1.807) is 12.1 Å². The molecular weight excluding hydrogens is 300 g/mol. The Balaban J connectivity index is 2.05. The van der Waals surface area contributed by atoms with Crippen molar-refractivity contribution < 1.29 is 29.0 Å². The van der Waals surface area contributed by atoms with Crippen LogP contribution in [0.2, 0.25) is 0 Å². The Morgan fingerprint density at radius 1 is 0.913 bits per heavy atom. The Bertz CT molecular complexity index is 716. The van der Waals surface area contributed by atoms with Crippen molar-refractivity contribution in [2.24, 2.45) is 0 Å². The first-order valence-electron chi connectivity index (χ1n) is 6.70. The Morgan fingerprint density at radius 2 is 1.48 bits per heavy atom. The summed E-state index contributed by atoms with van der Waals surface area (Å²) in [5.41, 5.74) is 1.10. The molecule has 0 aliphatic heterocycles. The molecule has 0 aromatic heterocycles. The molecule has 0 aliphatic rings. The van der Waals surface area contributed by atoms with Crippen LogP contribution in [0.4, 0.5) is 0 Å². The summed E-state index contributed by atoms with van der Waals surface area (Å²) < 4.78 is 9.52. The van der Waals surface area contributed by atoms with Crippen LogP contribution in [0.1, 0.15) is 26.3 Å². The molecule has 2 aromatic carbocycles. The maximum atomic E-state index is 12.0. The number of Topliss-reactive ketones (excluding diaryl/α,β-unsaturated/α-hetero) is 1. The molecule has 0 saturated carbocycles. The van der Waals surface area contributed by atoms with Crippen molar-refractivity contribution in [1.82, 2.24) is 0 Å². The molecule has 0 aliphatic carbocycles. The number of carbonyl (C=O) groups excluding carboxylic acids is 3. The molecule has 6 heteroatoms. The average molecular weight is 314 g/mol. The van der Waals surface area contributed by atoms with Gasteiger partial charge in [0.25, 0.3) is 5.78 Å². The molecule has 118 valence electrons. The molecular formula is C17H14O6. The summed E-state index contributed by atoms with van der Waals surface area (Å²) in [5.74, 6) is -2.20. The van der Waals surface area contributed by atoms with Gasteiger partial charge in [0.05, 0.1) is 19.3 Å². The van der Waals surface area contributed by atoms with Crippen LogP contribution in [-0.4, -0.2) is 29.9 Å². The summed E-state index contributed by atoms with van der Waals surface area (Å²) in [6.45, 7) is -0.147. The highest BCUT2D eigenvalue weighted by atomic mass is 16.5. The minimum absolute atomic E-state index is 0.142. The number of aliphatic hydroxyl groups excluding tert-OH is 1. The van der Waals surface area contributed by atoms with E-state index in [9.17, 15) is 14.4 Å². The van der Waals surface area contributed by atoms with Crippen molar-refractivity contribution in [2.45, 2.75) is 6.61 Å². The molecule has 2 aromatic rings. The van der Waals surface area contributed by atoms with Gasteiger partial charge in [-0.3, -0.25) is 4.79 Å². The predicted octanol–water partition coefficient (Wildman–Crippen LogP) is 1.75. The second kappa shape index (κ2) is 7.33. The van der Waals surface area contributed by atoms with Crippen LogP contribution < -0.4 is 4.74 Å². The third-order valence-electron chi connectivity index (χ3n) is 3.07. The van der Waals surface area contributed by atoms with Gasteiger partial charge in [-0.25, -0.2) is 9.59 Å². The van der Waals surface area contributed by atoms with Crippen molar-refractivity contribution in [3.05, 3.63) is 65.2 Å². The number of rotatable bonds is 5. The molecule has 0 spiro atoms. The van der Waals surface area contributed by atoms with Gasteiger partial charge in [0.1, 0.15) is 5.75 Å². The molecule has 2 rings (SSSR count). The summed E-state index contributed by atoms with van der Waals surface area (Å²) in [5, 5.41) is 8.94. The molecule has 0 unspecified atom stereocenters. The lowest BCUT2D eigenvalue weighted by atomic mass is 10.1. The maximum absolute atomic E-state index is 12.0. The minimum Gasteiger partial charge on any atom is -0.465 e. The van der Waals surface area contributed by atoms with Gasteiger partial charge in [-0.05, 0) is 29.8 Å². The van der Waals surface area contributed by atoms with Crippen molar-refractivity contribution in [2.75, 3.05) is 7.11 Å². The zero-order valence-electron chi connectivity index (χ0n) is 12.3. The SMILES string of the molecule is COC(=O)c1ccc(OC(=O)C(=O)c2ccc(CO)cc2)cc1. The van der Waals surface area contributed by atoms with E-state index in [0.717, 1.165) is 0 Å². The van der Waals surface area contributed by atoms with Crippen LogP contribution in [0.3, 0.4) is 0 Å². The Hall–Kier alpha value is -2.99. The highest BCUT2D eigenvalue weighted by Crippen LogP contribution is 2.14. The Kier molecular flexibility index (Phi) is 5.22. The molecule has 1 N–H and O–H groups in total. The van der Waals surface area contributed by atoms with E-state index in [0.29, 0.717) is 11.1 Å². The number of methoxy groups -OCH3 is 1. The standard InChI is InChI=1S/C17H14O6/c1-22-16(20)13-6-8-14(9-7-13)23-17(21)15(19)12-4-2-11(10-18)3-5-12/h2-9,18H,10H2,1H3. The van der Waals surface area contributed by atoms with Gasteiger partial charge < -0.3 is 14.6 Å². The fraction of sp³-hybridized carbons (Fsp3) is 0.118. The smallest absolute Gasteiger partial charge is 0.385 e. The summed E-state index contributed by atoms with van der Waals surface area (Å²) in [6.07, 6.45) is 0. The van der Waals surface area contributed by atoms with Crippen molar-refractivity contribution in [3.8, 4) is 5.75 Å². The number of hydrogen-bond donors (Lipinski definition) is 1. The number of ketones is 1. The molecule has 0 amide bonds.